The van der Waals surface area contributed by atoms with Gasteiger partial charge in [0, 0.05) is 17.2 Å². The lowest BCUT2D eigenvalue weighted by molar-refractivity contribution is -0.130. The summed E-state index contributed by atoms with van der Waals surface area (Å²) in [5.74, 6) is -0.820. The summed E-state index contributed by atoms with van der Waals surface area (Å²) in [6, 6.07) is 15.4. The Balaban J connectivity index is 1.69. The van der Waals surface area contributed by atoms with Crippen LogP contribution in [0, 0.1) is 5.92 Å². The van der Waals surface area contributed by atoms with E-state index in [1.165, 1.54) is 6.42 Å². The zero-order valence-corrected chi connectivity index (χ0v) is 16.9. The minimum Gasteiger partial charge on any atom is -0.449 e. The van der Waals surface area contributed by atoms with Gasteiger partial charge in [-0.2, -0.15) is 0 Å². The summed E-state index contributed by atoms with van der Waals surface area (Å²) >= 11 is 0. The molecule has 29 heavy (non-hydrogen) atoms. The van der Waals surface area contributed by atoms with Crippen LogP contribution in [0.4, 0.5) is 0 Å². The van der Waals surface area contributed by atoms with E-state index >= 15 is 0 Å². The SMILES string of the molecule is CC(OC(=O)c1ccccc1C(=O)c1ccccc1)C(=O)NC1CCCCC1C. The molecule has 1 fully saturated rings. The lowest BCUT2D eigenvalue weighted by Crippen LogP contribution is -2.46. The Kier molecular flexibility index (Phi) is 6.81. The van der Waals surface area contributed by atoms with Crippen LogP contribution in [0.3, 0.4) is 0 Å². The van der Waals surface area contributed by atoms with E-state index < -0.39 is 12.1 Å². The van der Waals surface area contributed by atoms with Gasteiger partial charge in [-0.1, -0.05) is 68.3 Å². The van der Waals surface area contributed by atoms with Crippen molar-refractivity contribution in [3.05, 3.63) is 71.3 Å². The van der Waals surface area contributed by atoms with E-state index in [2.05, 4.69) is 12.2 Å². The van der Waals surface area contributed by atoms with Crippen LogP contribution in [0.25, 0.3) is 0 Å². The first-order valence-electron chi connectivity index (χ1n) is 10.2. The molecular formula is C24H27NO4. The second-order valence-electron chi connectivity index (χ2n) is 7.67. The van der Waals surface area contributed by atoms with E-state index in [9.17, 15) is 14.4 Å². The lowest BCUT2D eigenvalue weighted by Gasteiger charge is -2.30. The van der Waals surface area contributed by atoms with Crippen LogP contribution in [-0.2, 0) is 9.53 Å². The molecule has 0 radical (unpaired) electrons. The molecule has 1 saturated carbocycles. The second kappa shape index (κ2) is 9.50. The zero-order chi connectivity index (χ0) is 20.8. The number of ether oxygens (including phenoxy) is 1. The third-order valence-corrected chi connectivity index (χ3v) is 5.52. The number of carbonyl (C=O) groups excluding carboxylic acids is 3. The topological polar surface area (TPSA) is 72.5 Å². The summed E-state index contributed by atoms with van der Waals surface area (Å²) in [7, 11) is 0. The summed E-state index contributed by atoms with van der Waals surface area (Å²) < 4.78 is 5.40. The van der Waals surface area contributed by atoms with Gasteiger partial charge in [-0.15, -0.1) is 0 Å². The third kappa shape index (κ3) is 5.11. The van der Waals surface area contributed by atoms with Gasteiger partial charge in [-0.3, -0.25) is 9.59 Å². The van der Waals surface area contributed by atoms with Crippen molar-refractivity contribution < 1.29 is 19.1 Å². The highest BCUT2D eigenvalue weighted by molar-refractivity contribution is 6.14. The van der Waals surface area contributed by atoms with Crippen LogP contribution >= 0.6 is 0 Å². The van der Waals surface area contributed by atoms with Gasteiger partial charge in [0.15, 0.2) is 11.9 Å². The highest BCUT2D eigenvalue weighted by Crippen LogP contribution is 2.24. The maximum Gasteiger partial charge on any atom is 0.339 e. The van der Waals surface area contributed by atoms with Crippen molar-refractivity contribution in [2.45, 2.75) is 51.7 Å². The van der Waals surface area contributed by atoms with Crippen LogP contribution < -0.4 is 5.32 Å². The van der Waals surface area contributed by atoms with Crippen molar-refractivity contribution >= 4 is 17.7 Å². The van der Waals surface area contributed by atoms with E-state index in [-0.39, 0.29) is 28.9 Å². The number of carbonyl (C=O) groups is 3. The minimum absolute atomic E-state index is 0.115. The van der Waals surface area contributed by atoms with Crippen LogP contribution in [-0.4, -0.2) is 29.8 Å². The average molecular weight is 393 g/mol. The number of hydrogen-bond acceptors (Lipinski definition) is 4. The Morgan fingerprint density at radius 1 is 0.931 bits per heavy atom. The van der Waals surface area contributed by atoms with E-state index in [0.717, 1.165) is 19.3 Å². The maximum atomic E-state index is 12.8. The van der Waals surface area contributed by atoms with Crippen LogP contribution in [0.15, 0.2) is 54.6 Å². The molecule has 2 aromatic rings. The molecule has 1 aliphatic carbocycles. The standard InChI is InChI=1S/C24H27NO4/c1-16-10-6-9-15-21(16)25-23(27)17(2)29-24(28)20-14-8-7-13-19(20)22(26)18-11-4-3-5-12-18/h3-5,7-8,11-14,16-17,21H,6,9-10,15H2,1-2H3,(H,25,27). The van der Waals surface area contributed by atoms with E-state index in [4.69, 9.17) is 4.74 Å². The van der Waals surface area contributed by atoms with Gasteiger partial charge < -0.3 is 10.1 Å². The molecular weight excluding hydrogens is 366 g/mol. The first-order chi connectivity index (χ1) is 14.0. The summed E-state index contributed by atoms with van der Waals surface area (Å²) in [6.45, 7) is 3.69. The van der Waals surface area contributed by atoms with Crippen LogP contribution in [0.5, 0.6) is 0 Å². The van der Waals surface area contributed by atoms with Crippen molar-refractivity contribution in [1.82, 2.24) is 5.32 Å². The normalized spacial score (nSPS) is 19.8. The highest BCUT2D eigenvalue weighted by Gasteiger charge is 2.27. The first-order valence-corrected chi connectivity index (χ1v) is 10.2. The van der Waals surface area contributed by atoms with Gasteiger partial charge in [0.1, 0.15) is 0 Å². The molecule has 2 aromatic carbocycles. The van der Waals surface area contributed by atoms with Gasteiger partial charge >= 0.3 is 5.97 Å². The summed E-state index contributed by atoms with van der Waals surface area (Å²) in [4.78, 5) is 38.0. The first kappa shape index (κ1) is 20.8. The Hall–Kier alpha value is -2.95. The van der Waals surface area contributed by atoms with Gasteiger partial charge in [0.05, 0.1) is 5.56 Å². The van der Waals surface area contributed by atoms with Gasteiger partial charge in [0.2, 0.25) is 0 Å². The van der Waals surface area contributed by atoms with Crippen molar-refractivity contribution in [1.29, 1.82) is 0 Å². The monoisotopic (exact) mass is 393 g/mol. The molecule has 0 spiro atoms. The molecule has 3 atom stereocenters. The van der Waals surface area contributed by atoms with E-state index in [1.807, 2.05) is 6.07 Å². The largest absolute Gasteiger partial charge is 0.449 e. The van der Waals surface area contributed by atoms with Crippen molar-refractivity contribution in [2.75, 3.05) is 0 Å². The summed E-state index contributed by atoms with van der Waals surface area (Å²) in [6.07, 6.45) is 3.38. The molecule has 3 rings (SSSR count). The maximum absolute atomic E-state index is 12.8. The minimum atomic E-state index is -0.934. The van der Waals surface area contributed by atoms with Crippen molar-refractivity contribution in [3.8, 4) is 0 Å². The van der Waals surface area contributed by atoms with Crippen LogP contribution in [0.1, 0.15) is 65.8 Å². The quantitative estimate of drug-likeness (QED) is 0.591. The number of amides is 1. The molecule has 1 N–H and O–H groups in total. The molecule has 0 heterocycles. The molecule has 0 saturated heterocycles. The molecule has 3 unspecified atom stereocenters. The molecule has 0 aromatic heterocycles. The fourth-order valence-corrected chi connectivity index (χ4v) is 3.71. The Morgan fingerprint density at radius 2 is 1.55 bits per heavy atom. The van der Waals surface area contributed by atoms with Gasteiger partial charge in [-0.05, 0) is 31.7 Å². The lowest BCUT2D eigenvalue weighted by atomic mass is 9.86. The molecule has 0 aliphatic heterocycles. The van der Waals surface area contributed by atoms with E-state index in [1.54, 1.807) is 55.5 Å². The molecule has 0 bridgehead atoms. The third-order valence-electron chi connectivity index (χ3n) is 5.52. The number of rotatable bonds is 6. The molecule has 1 aliphatic rings. The Morgan fingerprint density at radius 3 is 2.24 bits per heavy atom. The molecule has 5 nitrogen and oxygen atoms in total. The second-order valence-corrected chi connectivity index (χ2v) is 7.67. The number of hydrogen-bond donors (Lipinski definition) is 1. The van der Waals surface area contributed by atoms with Gasteiger partial charge in [0.25, 0.3) is 5.91 Å². The average Bonchev–Trinajstić information content (AvgIpc) is 2.75. The molecule has 1 amide bonds. The predicted octanol–water partition coefficient (Wildman–Crippen LogP) is 4.16. The van der Waals surface area contributed by atoms with Crippen molar-refractivity contribution in [2.24, 2.45) is 5.92 Å². The molecule has 152 valence electrons. The smallest absolute Gasteiger partial charge is 0.339 e. The number of esters is 1. The summed E-state index contributed by atoms with van der Waals surface area (Å²) in [5, 5.41) is 3.01. The Bertz CT molecular complexity index is 877. The predicted molar refractivity (Wildman–Crippen MR) is 111 cm³/mol. The number of nitrogens with one attached hydrogen (secondary N) is 1. The van der Waals surface area contributed by atoms with Crippen molar-refractivity contribution in [3.63, 3.8) is 0 Å². The fraction of sp³-hybridized carbons (Fsp3) is 0.375. The highest BCUT2D eigenvalue weighted by atomic mass is 16.5. The number of benzene rings is 2. The molecule has 5 heteroatoms. The summed E-state index contributed by atoms with van der Waals surface area (Å²) in [5.41, 5.74) is 0.911. The van der Waals surface area contributed by atoms with Crippen LogP contribution in [0.2, 0.25) is 0 Å². The van der Waals surface area contributed by atoms with Gasteiger partial charge in [-0.25, -0.2) is 4.79 Å². The fourth-order valence-electron chi connectivity index (χ4n) is 3.71. The Labute approximate surface area is 171 Å². The number of ketones is 1. The zero-order valence-electron chi connectivity index (χ0n) is 16.9. The van der Waals surface area contributed by atoms with E-state index in [0.29, 0.717) is 11.5 Å².